The predicted octanol–water partition coefficient (Wildman–Crippen LogP) is 3.62. The Hall–Kier alpha value is -3.45. The van der Waals surface area contributed by atoms with Gasteiger partial charge in [-0.25, -0.2) is 14.6 Å². The number of nitrogens with zero attached hydrogens (tertiary/aromatic N) is 5. The third-order valence-corrected chi connectivity index (χ3v) is 5.02. The molecule has 3 aromatic heterocycles. The maximum Gasteiger partial charge on any atom is 0.233 e. The van der Waals surface area contributed by atoms with Crippen LogP contribution in [0.4, 0.5) is 0 Å². The van der Waals surface area contributed by atoms with Crippen molar-refractivity contribution in [2.75, 3.05) is 7.11 Å². The molecule has 7 nitrogen and oxygen atoms in total. The number of benzene rings is 1. The van der Waals surface area contributed by atoms with Gasteiger partial charge in [0.2, 0.25) is 5.95 Å². The lowest BCUT2D eigenvalue weighted by Crippen LogP contribution is -2.20. The Balaban J connectivity index is 1.48. The van der Waals surface area contributed by atoms with Gasteiger partial charge in [0, 0.05) is 48.1 Å². The first-order valence-corrected chi connectivity index (χ1v) is 9.53. The minimum absolute atomic E-state index is 0.141. The summed E-state index contributed by atoms with van der Waals surface area (Å²) in [7, 11) is 1.67. The van der Waals surface area contributed by atoms with Gasteiger partial charge in [-0.1, -0.05) is 0 Å². The summed E-state index contributed by atoms with van der Waals surface area (Å²) in [5, 5.41) is 8.17. The number of methoxy groups -OCH3 is 1. The Morgan fingerprint density at radius 1 is 1.07 bits per heavy atom. The number of aromatic nitrogens is 5. The van der Waals surface area contributed by atoms with Gasteiger partial charge in [0.25, 0.3) is 0 Å². The highest BCUT2D eigenvalue weighted by atomic mass is 16.5. The molecule has 4 rings (SSSR count). The molecule has 0 bridgehead atoms. The average Bonchev–Trinajstić information content (AvgIpc) is 3.39. The van der Waals surface area contributed by atoms with Crippen molar-refractivity contribution in [1.29, 1.82) is 0 Å². The van der Waals surface area contributed by atoms with Crippen LogP contribution in [0, 0.1) is 6.92 Å². The molecule has 0 aliphatic rings. The molecular formula is C22H24N6O. The summed E-state index contributed by atoms with van der Waals surface area (Å²) in [6, 6.07) is 13.9. The number of nitrogens with one attached hydrogen (secondary N) is 1. The lowest BCUT2D eigenvalue weighted by atomic mass is 10.1. The van der Waals surface area contributed by atoms with E-state index in [1.165, 1.54) is 0 Å². The van der Waals surface area contributed by atoms with E-state index in [0.29, 0.717) is 12.5 Å². The van der Waals surface area contributed by atoms with E-state index in [4.69, 9.17) is 4.74 Å². The molecule has 7 heteroatoms. The highest BCUT2D eigenvalue weighted by Crippen LogP contribution is 2.22. The SMILES string of the molecule is COc1ccc(-n2ncc([C@@H](C)NCc3cccn3-c3ncccn3)c2C)cc1. The quantitative estimate of drug-likeness (QED) is 0.524. The summed E-state index contributed by atoms with van der Waals surface area (Å²) in [6.45, 7) is 4.93. The van der Waals surface area contributed by atoms with E-state index in [-0.39, 0.29) is 6.04 Å². The number of hydrogen-bond acceptors (Lipinski definition) is 5. The maximum absolute atomic E-state index is 5.24. The summed E-state index contributed by atoms with van der Waals surface area (Å²) in [5.41, 5.74) is 4.38. The van der Waals surface area contributed by atoms with E-state index in [9.17, 15) is 0 Å². The van der Waals surface area contributed by atoms with Crippen LogP contribution in [0.25, 0.3) is 11.6 Å². The largest absolute Gasteiger partial charge is 0.497 e. The summed E-state index contributed by atoms with van der Waals surface area (Å²) in [4.78, 5) is 8.66. The summed E-state index contributed by atoms with van der Waals surface area (Å²) in [6.07, 6.45) is 7.40. The van der Waals surface area contributed by atoms with E-state index in [2.05, 4.69) is 40.3 Å². The average molecular weight is 388 g/mol. The summed E-state index contributed by atoms with van der Waals surface area (Å²) >= 11 is 0. The van der Waals surface area contributed by atoms with E-state index in [1.807, 2.05) is 58.0 Å². The van der Waals surface area contributed by atoms with Crippen LogP contribution < -0.4 is 10.1 Å². The lowest BCUT2D eigenvalue weighted by molar-refractivity contribution is 0.414. The molecule has 0 amide bonds. The first kappa shape index (κ1) is 18.9. The van der Waals surface area contributed by atoms with Crippen LogP contribution in [0.2, 0.25) is 0 Å². The van der Waals surface area contributed by atoms with Gasteiger partial charge in [-0.15, -0.1) is 0 Å². The van der Waals surface area contributed by atoms with E-state index in [1.54, 1.807) is 19.5 Å². The van der Waals surface area contributed by atoms with Gasteiger partial charge in [0.1, 0.15) is 5.75 Å². The Morgan fingerprint density at radius 3 is 2.55 bits per heavy atom. The molecule has 0 spiro atoms. The van der Waals surface area contributed by atoms with Gasteiger partial charge < -0.3 is 10.1 Å². The molecule has 1 atom stereocenters. The molecule has 0 fully saturated rings. The molecule has 0 saturated carbocycles. The van der Waals surface area contributed by atoms with Crippen LogP contribution in [0.3, 0.4) is 0 Å². The second-order valence-corrected chi connectivity index (χ2v) is 6.82. The lowest BCUT2D eigenvalue weighted by Gasteiger charge is -2.15. The van der Waals surface area contributed by atoms with Crippen molar-refractivity contribution in [3.8, 4) is 17.4 Å². The van der Waals surface area contributed by atoms with Crippen molar-refractivity contribution in [3.63, 3.8) is 0 Å². The first-order valence-electron chi connectivity index (χ1n) is 9.53. The smallest absolute Gasteiger partial charge is 0.233 e. The van der Waals surface area contributed by atoms with Crippen molar-refractivity contribution < 1.29 is 4.74 Å². The zero-order chi connectivity index (χ0) is 20.2. The molecule has 1 N–H and O–H groups in total. The van der Waals surface area contributed by atoms with E-state index < -0.39 is 0 Å². The summed E-state index contributed by atoms with van der Waals surface area (Å²) < 4.78 is 9.18. The monoisotopic (exact) mass is 388 g/mol. The van der Waals surface area contributed by atoms with E-state index in [0.717, 1.165) is 28.4 Å². The van der Waals surface area contributed by atoms with Crippen LogP contribution in [0.15, 0.2) is 67.3 Å². The van der Waals surface area contributed by atoms with Crippen LogP contribution in [0.1, 0.15) is 29.9 Å². The van der Waals surface area contributed by atoms with Crippen molar-refractivity contribution in [3.05, 3.63) is 84.2 Å². The fourth-order valence-corrected chi connectivity index (χ4v) is 3.37. The van der Waals surface area contributed by atoms with Crippen LogP contribution >= 0.6 is 0 Å². The Kier molecular flexibility index (Phi) is 5.39. The second kappa shape index (κ2) is 8.28. The molecule has 0 aliphatic heterocycles. The molecule has 3 heterocycles. The summed E-state index contributed by atoms with van der Waals surface area (Å²) in [5.74, 6) is 1.50. The fourth-order valence-electron chi connectivity index (χ4n) is 3.37. The van der Waals surface area contributed by atoms with Crippen molar-refractivity contribution in [2.24, 2.45) is 0 Å². The minimum atomic E-state index is 0.141. The maximum atomic E-state index is 5.24. The van der Waals surface area contributed by atoms with Gasteiger partial charge >= 0.3 is 0 Å². The van der Waals surface area contributed by atoms with Crippen molar-refractivity contribution >= 4 is 0 Å². The molecule has 4 aromatic rings. The van der Waals surface area contributed by atoms with Crippen LogP contribution in [-0.2, 0) is 6.54 Å². The second-order valence-electron chi connectivity index (χ2n) is 6.82. The normalized spacial score (nSPS) is 12.1. The Bertz CT molecular complexity index is 1070. The molecule has 0 radical (unpaired) electrons. The first-order chi connectivity index (χ1) is 14.2. The molecule has 1 aromatic carbocycles. The standard InChI is InChI=1S/C22H24N6O/c1-16(25-14-19-6-4-13-27(19)22-23-11-5-12-24-22)21-15-26-28(17(21)2)18-7-9-20(29-3)10-8-18/h4-13,15-16,25H,14H2,1-3H3/t16-/m1/s1. The van der Waals surface area contributed by atoms with Crippen molar-refractivity contribution in [1.82, 2.24) is 29.6 Å². The number of ether oxygens (including phenoxy) is 1. The molecule has 0 saturated heterocycles. The highest BCUT2D eigenvalue weighted by molar-refractivity contribution is 5.39. The third kappa shape index (κ3) is 3.90. The van der Waals surface area contributed by atoms with Crippen LogP contribution in [-0.4, -0.2) is 31.4 Å². The molecular weight excluding hydrogens is 364 g/mol. The Labute approximate surface area is 170 Å². The van der Waals surface area contributed by atoms with E-state index >= 15 is 0 Å². The van der Waals surface area contributed by atoms with Crippen LogP contribution in [0.5, 0.6) is 5.75 Å². The predicted molar refractivity (Wildman–Crippen MR) is 111 cm³/mol. The van der Waals surface area contributed by atoms with Gasteiger partial charge in [-0.05, 0) is 56.3 Å². The molecule has 0 unspecified atom stereocenters. The molecule has 0 aliphatic carbocycles. The zero-order valence-corrected chi connectivity index (χ0v) is 16.8. The minimum Gasteiger partial charge on any atom is -0.497 e. The molecule has 29 heavy (non-hydrogen) atoms. The third-order valence-electron chi connectivity index (χ3n) is 5.02. The van der Waals surface area contributed by atoms with Crippen molar-refractivity contribution in [2.45, 2.75) is 26.4 Å². The highest BCUT2D eigenvalue weighted by Gasteiger charge is 2.15. The zero-order valence-electron chi connectivity index (χ0n) is 16.8. The number of hydrogen-bond donors (Lipinski definition) is 1. The van der Waals surface area contributed by atoms with Gasteiger partial charge in [-0.3, -0.25) is 4.57 Å². The topological polar surface area (TPSA) is 69.8 Å². The van der Waals surface area contributed by atoms with Gasteiger partial charge in [0.15, 0.2) is 0 Å². The van der Waals surface area contributed by atoms with Gasteiger partial charge in [0.05, 0.1) is 19.0 Å². The molecule has 148 valence electrons. The fraction of sp³-hybridized carbons (Fsp3) is 0.227. The Morgan fingerprint density at radius 2 is 1.83 bits per heavy atom. The number of rotatable bonds is 7. The van der Waals surface area contributed by atoms with Gasteiger partial charge in [-0.2, -0.15) is 5.10 Å².